The molecule has 0 saturated carbocycles. The third-order valence-corrected chi connectivity index (χ3v) is 13.3. The Morgan fingerprint density at radius 3 is 1.04 bits per heavy atom. The number of para-hydroxylation sites is 3. The highest BCUT2D eigenvalue weighted by molar-refractivity contribution is 6.09. The Hall–Kier alpha value is -8.98. The largest absolute Gasteiger partial charge is 0.310 e. The Kier molecular flexibility index (Phi) is 10.6. The Morgan fingerprint density at radius 1 is 0.221 bits per heavy atom. The molecule has 68 heavy (non-hydrogen) atoms. The monoisotopic (exact) mass is 866 g/mol. The summed E-state index contributed by atoms with van der Waals surface area (Å²) >= 11 is 0. The standard InChI is InChI=1S/C66H46N2/c1-3-17-47(18-4-1)48-31-33-49(34-32-48)50-35-41-54(42-36-50)67(64-28-14-11-25-61(64)60-24-10-9-23-59(60)58-22-8-7-21-57(58)53-19-5-2-6-20-53)55-43-37-51(38-44-55)52-39-45-56(46-40-52)68-65-29-15-12-26-62(65)63-27-13-16-30-66(63)68/h1-46H. The van der Waals surface area contributed by atoms with Gasteiger partial charge in [-0.15, -0.1) is 0 Å². The van der Waals surface area contributed by atoms with Crippen LogP contribution in [0.4, 0.5) is 17.1 Å². The van der Waals surface area contributed by atoms with Gasteiger partial charge in [-0.05, 0) is 116 Å². The van der Waals surface area contributed by atoms with Gasteiger partial charge in [0.1, 0.15) is 0 Å². The molecular weight excluding hydrogens is 821 g/mol. The number of fused-ring (bicyclic) bond motifs is 3. The van der Waals surface area contributed by atoms with Crippen molar-refractivity contribution in [3.05, 3.63) is 279 Å². The maximum atomic E-state index is 2.41. The second-order valence-corrected chi connectivity index (χ2v) is 17.3. The molecule has 0 amide bonds. The van der Waals surface area contributed by atoms with E-state index in [-0.39, 0.29) is 0 Å². The molecule has 12 rings (SSSR count). The van der Waals surface area contributed by atoms with Crippen molar-refractivity contribution in [2.24, 2.45) is 0 Å². The molecule has 0 spiro atoms. The van der Waals surface area contributed by atoms with Crippen LogP contribution in [-0.4, -0.2) is 4.57 Å². The Labute approximate surface area is 397 Å². The molecule has 0 radical (unpaired) electrons. The second kappa shape index (κ2) is 17.8. The van der Waals surface area contributed by atoms with Crippen LogP contribution in [0.25, 0.3) is 94.3 Å². The minimum atomic E-state index is 1.07. The number of hydrogen-bond donors (Lipinski definition) is 0. The van der Waals surface area contributed by atoms with Gasteiger partial charge in [0, 0.05) is 33.4 Å². The van der Waals surface area contributed by atoms with Crippen LogP contribution in [0.5, 0.6) is 0 Å². The third-order valence-electron chi connectivity index (χ3n) is 13.3. The molecule has 0 aliphatic carbocycles. The Bertz CT molecular complexity index is 3630. The van der Waals surface area contributed by atoms with Gasteiger partial charge in [0.05, 0.1) is 16.7 Å². The average Bonchev–Trinajstić information content (AvgIpc) is 3.76. The maximum Gasteiger partial charge on any atom is 0.0541 e. The summed E-state index contributed by atoms with van der Waals surface area (Å²) < 4.78 is 2.37. The zero-order chi connectivity index (χ0) is 45.2. The molecule has 11 aromatic carbocycles. The minimum Gasteiger partial charge on any atom is -0.310 e. The highest BCUT2D eigenvalue weighted by atomic mass is 15.1. The van der Waals surface area contributed by atoms with Crippen LogP contribution in [0.1, 0.15) is 0 Å². The van der Waals surface area contributed by atoms with Crippen molar-refractivity contribution >= 4 is 38.9 Å². The van der Waals surface area contributed by atoms with Gasteiger partial charge in [-0.2, -0.15) is 0 Å². The number of nitrogens with zero attached hydrogens (tertiary/aromatic N) is 2. The molecule has 2 nitrogen and oxygen atoms in total. The van der Waals surface area contributed by atoms with Crippen molar-refractivity contribution in [1.29, 1.82) is 0 Å². The number of hydrogen-bond acceptors (Lipinski definition) is 1. The van der Waals surface area contributed by atoms with Gasteiger partial charge in [0.15, 0.2) is 0 Å². The smallest absolute Gasteiger partial charge is 0.0541 e. The summed E-state index contributed by atoms with van der Waals surface area (Å²) in [5.41, 5.74) is 21.0. The van der Waals surface area contributed by atoms with Crippen LogP contribution in [0.2, 0.25) is 0 Å². The van der Waals surface area contributed by atoms with Crippen LogP contribution in [0, 0.1) is 0 Å². The van der Waals surface area contributed by atoms with Crippen molar-refractivity contribution < 1.29 is 0 Å². The molecule has 0 fully saturated rings. The van der Waals surface area contributed by atoms with Gasteiger partial charge in [0.2, 0.25) is 0 Å². The predicted molar refractivity (Wildman–Crippen MR) is 288 cm³/mol. The molecule has 0 unspecified atom stereocenters. The van der Waals surface area contributed by atoms with E-state index in [0.717, 1.165) is 33.9 Å². The summed E-state index contributed by atoms with van der Waals surface area (Å²) in [4.78, 5) is 2.41. The van der Waals surface area contributed by atoms with Crippen LogP contribution in [-0.2, 0) is 0 Å². The maximum absolute atomic E-state index is 2.41. The first-order valence-corrected chi connectivity index (χ1v) is 23.3. The molecular formula is C66H46N2. The molecule has 1 heterocycles. The molecule has 0 aliphatic heterocycles. The summed E-state index contributed by atoms with van der Waals surface area (Å²) in [6, 6.07) is 101. The molecule has 0 aliphatic rings. The molecule has 0 bridgehead atoms. The third kappa shape index (κ3) is 7.54. The molecule has 0 atom stereocenters. The van der Waals surface area contributed by atoms with E-state index < -0.39 is 0 Å². The van der Waals surface area contributed by atoms with Gasteiger partial charge < -0.3 is 9.47 Å². The lowest BCUT2D eigenvalue weighted by molar-refractivity contribution is 1.18. The number of benzene rings is 11. The minimum absolute atomic E-state index is 1.07. The van der Waals surface area contributed by atoms with Crippen LogP contribution >= 0.6 is 0 Å². The quantitative estimate of drug-likeness (QED) is 0.133. The lowest BCUT2D eigenvalue weighted by atomic mass is 9.88. The van der Waals surface area contributed by atoms with Crippen molar-refractivity contribution in [3.8, 4) is 72.4 Å². The van der Waals surface area contributed by atoms with Gasteiger partial charge in [0.25, 0.3) is 0 Å². The van der Waals surface area contributed by atoms with Gasteiger partial charge in [-0.25, -0.2) is 0 Å². The van der Waals surface area contributed by atoms with E-state index in [4.69, 9.17) is 0 Å². The molecule has 2 heteroatoms. The van der Waals surface area contributed by atoms with Gasteiger partial charge in [-0.1, -0.05) is 224 Å². The molecule has 1 aromatic heterocycles. The first kappa shape index (κ1) is 40.5. The predicted octanol–water partition coefficient (Wildman–Crippen LogP) is 18.3. The summed E-state index contributed by atoms with van der Waals surface area (Å²) in [7, 11) is 0. The summed E-state index contributed by atoms with van der Waals surface area (Å²) in [5.74, 6) is 0. The zero-order valence-electron chi connectivity index (χ0n) is 37.5. The fraction of sp³-hybridized carbons (Fsp3) is 0. The van der Waals surface area contributed by atoms with Gasteiger partial charge in [-0.3, -0.25) is 0 Å². The van der Waals surface area contributed by atoms with E-state index in [1.54, 1.807) is 0 Å². The lowest BCUT2D eigenvalue weighted by Crippen LogP contribution is -2.11. The van der Waals surface area contributed by atoms with E-state index >= 15 is 0 Å². The Morgan fingerprint density at radius 2 is 0.544 bits per heavy atom. The van der Waals surface area contributed by atoms with E-state index in [1.807, 2.05) is 0 Å². The Balaban J connectivity index is 0.940. The highest BCUT2D eigenvalue weighted by Crippen LogP contribution is 2.46. The normalized spacial score (nSPS) is 11.2. The van der Waals surface area contributed by atoms with Crippen molar-refractivity contribution in [2.75, 3.05) is 4.90 Å². The van der Waals surface area contributed by atoms with Crippen molar-refractivity contribution in [2.45, 2.75) is 0 Å². The average molecular weight is 867 g/mol. The number of aromatic nitrogens is 1. The van der Waals surface area contributed by atoms with Crippen LogP contribution in [0.3, 0.4) is 0 Å². The topological polar surface area (TPSA) is 8.17 Å². The first-order valence-electron chi connectivity index (χ1n) is 23.3. The van der Waals surface area contributed by atoms with Crippen molar-refractivity contribution in [1.82, 2.24) is 4.57 Å². The van der Waals surface area contributed by atoms with Gasteiger partial charge >= 0.3 is 0 Å². The summed E-state index contributed by atoms with van der Waals surface area (Å²) in [6.45, 7) is 0. The highest BCUT2D eigenvalue weighted by Gasteiger charge is 2.21. The summed E-state index contributed by atoms with van der Waals surface area (Å²) in [5, 5.41) is 2.53. The molecule has 12 aromatic rings. The van der Waals surface area contributed by atoms with E-state index in [0.29, 0.717) is 0 Å². The number of anilines is 3. The fourth-order valence-electron chi connectivity index (χ4n) is 9.96. The summed E-state index contributed by atoms with van der Waals surface area (Å²) in [6.07, 6.45) is 0. The molecule has 320 valence electrons. The first-order chi connectivity index (χ1) is 33.7. The SMILES string of the molecule is c1ccc(-c2ccc(-c3ccc(N(c4ccc(-c5ccc(-n6c7ccccc7c7ccccc76)cc5)cc4)c4ccccc4-c4ccccc4-c4ccccc4-c4ccccc4)cc3)cc2)cc1. The fourth-order valence-corrected chi connectivity index (χ4v) is 9.96. The van der Waals surface area contributed by atoms with Crippen LogP contribution in [0.15, 0.2) is 279 Å². The molecule has 0 N–H and O–H groups in total. The lowest BCUT2D eigenvalue weighted by Gasteiger charge is -2.29. The second-order valence-electron chi connectivity index (χ2n) is 17.3. The van der Waals surface area contributed by atoms with E-state index in [2.05, 4.69) is 289 Å². The zero-order valence-corrected chi connectivity index (χ0v) is 37.5. The number of rotatable bonds is 10. The van der Waals surface area contributed by atoms with Crippen molar-refractivity contribution in [3.63, 3.8) is 0 Å². The van der Waals surface area contributed by atoms with E-state index in [9.17, 15) is 0 Å². The van der Waals surface area contributed by atoms with Crippen LogP contribution < -0.4 is 4.90 Å². The van der Waals surface area contributed by atoms with E-state index in [1.165, 1.54) is 77.4 Å². The molecule has 0 saturated heterocycles.